The van der Waals surface area contributed by atoms with Crippen molar-refractivity contribution in [1.29, 1.82) is 0 Å². The minimum Gasteiger partial charge on any atom is -0.497 e. The van der Waals surface area contributed by atoms with Crippen molar-refractivity contribution in [2.24, 2.45) is 0 Å². The third-order valence-corrected chi connectivity index (χ3v) is 6.22. The van der Waals surface area contributed by atoms with Crippen LogP contribution >= 0.6 is 0 Å². The average Bonchev–Trinajstić information content (AvgIpc) is 3.20. The van der Waals surface area contributed by atoms with Crippen molar-refractivity contribution in [3.8, 4) is 33.8 Å². The summed E-state index contributed by atoms with van der Waals surface area (Å²) in [5.74, 6) is 0.502. The van der Waals surface area contributed by atoms with Crippen LogP contribution in [0.3, 0.4) is 0 Å². The standard InChI is InChI=1S/C24H19F3N2O3S/c1-32-19-12-8-16(9-13-19)21-22(17-10-14-20(15-11-17)33(2,30)31)29(18-6-4-3-5-7-18)28-23(21)24(25,26)27/h3-15H,1-2H3. The number of halogens is 3. The average molecular weight is 472 g/mol. The zero-order chi connectivity index (χ0) is 23.8. The number of methoxy groups -OCH3 is 1. The number of benzene rings is 3. The third kappa shape index (κ3) is 4.49. The number of para-hydroxylation sites is 1. The van der Waals surface area contributed by atoms with Crippen LogP contribution in [0.25, 0.3) is 28.1 Å². The first kappa shape index (κ1) is 22.6. The first-order valence-electron chi connectivity index (χ1n) is 9.80. The largest absolute Gasteiger partial charge is 0.497 e. The van der Waals surface area contributed by atoms with Gasteiger partial charge >= 0.3 is 6.18 Å². The molecule has 0 spiro atoms. The van der Waals surface area contributed by atoms with E-state index in [1.807, 2.05) is 0 Å². The van der Waals surface area contributed by atoms with Crippen LogP contribution in [0.15, 0.2) is 83.8 Å². The summed E-state index contributed by atoms with van der Waals surface area (Å²) in [6, 6.07) is 20.4. The molecule has 4 rings (SSSR count). The van der Waals surface area contributed by atoms with Gasteiger partial charge in [0.1, 0.15) is 5.75 Å². The molecule has 1 aromatic heterocycles. The van der Waals surface area contributed by atoms with Gasteiger partial charge in [0, 0.05) is 17.4 Å². The van der Waals surface area contributed by atoms with Crippen molar-refractivity contribution >= 4 is 9.84 Å². The fraction of sp³-hybridized carbons (Fsp3) is 0.125. The second-order valence-electron chi connectivity index (χ2n) is 7.34. The first-order valence-corrected chi connectivity index (χ1v) is 11.7. The monoisotopic (exact) mass is 472 g/mol. The van der Waals surface area contributed by atoms with Gasteiger partial charge in [-0.1, -0.05) is 42.5 Å². The molecular weight excluding hydrogens is 453 g/mol. The van der Waals surface area contributed by atoms with Gasteiger partial charge in [0.15, 0.2) is 15.5 Å². The van der Waals surface area contributed by atoms with Crippen LogP contribution in [0.1, 0.15) is 5.69 Å². The van der Waals surface area contributed by atoms with Crippen molar-refractivity contribution in [2.75, 3.05) is 13.4 Å². The Morgan fingerprint density at radius 3 is 1.94 bits per heavy atom. The Bertz CT molecular complexity index is 1380. The summed E-state index contributed by atoms with van der Waals surface area (Å²) in [4.78, 5) is 0.0686. The summed E-state index contributed by atoms with van der Waals surface area (Å²) in [6.45, 7) is 0. The molecular formula is C24H19F3N2O3S. The van der Waals surface area contributed by atoms with E-state index in [0.29, 0.717) is 22.6 Å². The summed E-state index contributed by atoms with van der Waals surface area (Å²) in [5, 5.41) is 3.96. The fourth-order valence-electron chi connectivity index (χ4n) is 3.53. The normalized spacial score (nSPS) is 12.0. The Morgan fingerprint density at radius 1 is 0.848 bits per heavy atom. The summed E-state index contributed by atoms with van der Waals surface area (Å²) in [7, 11) is -2.00. The molecule has 0 saturated carbocycles. The zero-order valence-electron chi connectivity index (χ0n) is 17.7. The van der Waals surface area contributed by atoms with E-state index >= 15 is 0 Å². The van der Waals surface area contributed by atoms with Gasteiger partial charge in [-0.25, -0.2) is 13.1 Å². The number of alkyl halides is 3. The molecule has 0 fully saturated rings. The summed E-state index contributed by atoms with van der Waals surface area (Å²) in [5.41, 5.74) is 0.163. The molecule has 0 aliphatic heterocycles. The molecule has 0 aliphatic rings. The molecule has 1 heterocycles. The smallest absolute Gasteiger partial charge is 0.435 e. The lowest BCUT2D eigenvalue weighted by Gasteiger charge is -2.12. The molecule has 9 heteroatoms. The Kier molecular flexibility index (Phi) is 5.75. The highest BCUT2D eigenvalue weighted by atomic mass is 32.2. The van der Waals surface area contributed by atoms with Crippen LogP contribution in [-0.2, 0) is 16.0 Å². The van der Waals surface area contributed by atoms with Gasteiger partial charge in [0.25, 0.3) is 0 Å². The minimum absolute atomic E-state index is 0.0686. The first-order chi connectivity index (χ1) is 15.6. The summed E-state index contributed by atoms with van der Waals surface area (Å²) >= 11 is 0. The predicted molar refractivity (Wildman–Crippen MR) is 119 cm³/mol. The molecule has 0 bridgehead atoms. The quantitative estimate of drug-likeness (QED) is 0.377. The lowest BCUT2D eigenvalue weighted by molar-refractivity contribution is -0.140. The van der Waals surface area contributed by atoms with Gasteiger partial charge in [-0.05, 0) is 42.0 Å². The number of ether oxygens (including phenoxy) is 1. The van der Waals surface area contributed by atoms with Gasteiger partial charge in [-0.2, -0.15) is 18.3 Å². The van der Waals surface area contributed by atoms with E-state index < -0.39 is 21.7 Å². The number of rotatable bonds is 5. The maximum absolute atomic E-state index is 14.1. The topological polar surface area (TPSA) is 61.2 Å². The van der Waals surface area contributed by atoms with Crippen LogP contribution in [-0.4, -0.2) is 31.6 Å². The highest BCUT2D eigenvalue weighted by Gasteiger charge is 2.40. The molecule has 33 heavy (non-hydrogen) atoms. The van der Waals surface area contributed by atoms with Gasteiger partial charge in [0.2, 0.25) is 0 Å². The Hall–Kier alpha value is -3.59. The van der Waals surface area contributed by atoms with Gasteiger partial charge < -0.3 is 4.74 Å². The number of nitrogens with zero attached hydrogens (tertiary/aromatic N) is 2. The molecule has 0 saturated heterocycles. The Labute approximate surface area is 189 Å². The lowest BCUT2D eigenvalue weighted by Crippen LogP contribution is -2.08. The van der Waals surface area contributed by atoms with E-state index in [1.165, 1.54) is 48.2 Å². The third-order valence-electron chi connectivity index (χ3n) is 5.09. The van der Waals surface area contributed by atoms with Crippen LogP contribution in [0.5, 0.6) is 5.75 Å². The number of sulfone groups is 1. The minimum atomic E-state index is -4.73. The van der Waals surface area contributed by atoms with Crippen LogP contribution in [0.2, 0.25) is 0 Å². The van der Waals surface area contributed by atoms with Crippen LogP contribution < -0.4 is 4.74 Å². The van der Waals surface area contributed by atoms with Crippen molar-refractivity contribution in [1.82, 2.24) is 9.78 Å². The van der Waals surface area contributed by atoms with E-state index in [2.05, 4.69) is 5.10 Å². The highest BCUT2D eigenvalue weighted by Crippen LogP contribution is 2.43. The highest BCUT2D eigenvalue weighted by molar-refractivity contribution is 7.90. The molecule has 0 unspecified atom stereocenters. The van der Waals surface area contributed by atoms with E-state index in [0.717, 1.165) is 6.26 Å². The van der Waals surface area contributed by atoms with E-state index in [-0.39, 0.29) is 16.2 Å². The molecule has 3 aromatic carbocycles. The van der Waals surface area contributed by atoms with Gasteiger partial charge in [-0.3, -0.25) is 0 Å². The SMILES string of the molecule is COc1ccc(-c2c(C(F)(F)F)nn(-c3ccccc3)c2-c2ccc(S(C)(=O)=O)cc2)cc1. The summed E-state index contributed by atoms with van der Waals surface area (Å²) in [6.07, 6.45) is -3.66. The molecule has 0 N–H and O–H groups in total. The fourth-order valence-corrected chi connectivity index (χ4v) is 4.16. The maximum atomic E-state index is 14.1. The lowest BCUT2D eigenvalue weighted by atomic mass is 9.98. The van der Waals surface area contributed by atoms with Crippen LogP contribution in [0.4, 0.5) is 13.2 Å². The predicted octanol–water partition coefficient (Wildman–Crippen LogP) is 5.64. The molecule has 0 aliphatic carbocycles. The van der Waals surface area contributed by atoms with E-state index in [9.17, 15) is 21.6 Å². The van der Waals surface area contributed by atoms with Crippen molar-refractivity contribution in [2.45, 2.75) is 11.1 Å². The summed E-state index contributed by atoms with van der Waals surface area (Å²) < 4.78 is 72.6. The number of aromatic nitrogens is 2. The second kappa shape index (κ2) is 8.40. The number of hydrogen-bond acceptors (Lipinski definition) is 4. The molecule has 0 atom stereocenters. The Morgan fingerprint density at radius 2 is 1.42 bits per heavy atom. The number of hydrogen-bond donors (Lipinski definition) is 0. The van der Waals surface area contributed by atoms with Crippen molar-refractivity contribution in [3.63, 3.8) is 0 Å². The van der Waals surface area contributed by atoms with E-state index in [1.54, 1.807) is 42.5 Å². The van der Waals surface area contributed by atoms with Crippen LogP contribution in [0, 0.1) is 0 Å². The zero-order valence-corrected chi connectivity index (χ0v) is 18.5. The van der Waals surface area contributed by atoms with Crippen molar-refractivity contribution < 1.29 is 26.3 Å². The van der Waals surface area contributed by atoms with Gasteiger partial charge in [0.05, 0.1) is 23.4 Å². The molecule has 0 radical (unpaired) electrons. The van der Waals surface area contributed by atoms with Crippen molar-refractivity contribution in [3.05, 3.63) is 84.6 Å². The Balaban J connectivity index is 2.05. The molecule has 0 amide bonds. The molecule has 5 nitrogen and oxygen atoms in total. The van der Waals surface area contributed by atoms with E-state index in [4.69, 9.17) is 4.74 Å². The van der Waals surface area contributed by atoms with Gasteiger partial charge in [-0.15, -0.1) is 0 Å². The maximum Gasteiger partial charge on any atom is 0.435 e. The molecule has 4 aromatic rings. The molecule has 170 valence electrons. The second-order valence-corrected chi connectivity index (χ2v) is 9.36.